The molecule has 0 atom stereocenters. The number of nitrogens with zero attached hydrogens (tertiary/aromatic N) is 2. The summed E-state index contributed by atoms with van der Waals surface area (Å²) in [6, 6.07) is 19.3. The average Bonchev–Trinajstić information content (AvgIpc) is 3.37. The van der Waals surface area contributed by atoms with Crippen molar-refractivity contribution in [2.24, 2.45) is 0 Å². The van der Waals surface area contributed by atoms with Crippen molar-refractivity contribution in [3.05, 3.63) is 90.3 Å². The fourth-order valence-electron chi connectivity index (χ4n) is 3.82. The molecule has 0 bridgehead atoms. The second-order valence-electron chi connectivity index (χ2n) is 7.82. The summed E-state index contributed by atoms with van der Waals surface area (Å²) in [5, 5.41) is 1.10. The largest absolute Gasteiger partial charge is 0.487 e. The van der Waals surface area contributed by atoms with Crippen LogP contribution in [0.4, 0.5) is 0 Å². The zero-order valence-corrected chi connectivity index (χ0v) is 17.2. The number of carbonyl (C=O) groups excluding carboxylic acids is 1. The van der Waals surface area contributed by atoms with E-state index in [9.17, 15) is 4.79 Å². The van der Waals surface area contributed by atoms with Gasteiger partial charge < -0.3 is 13.9 Å². The lowest BCUT2D eigenvalue weighted by Crippen LogP contribution is -2.22. The Morgan fingerprint density at radius 1 is 1.00 bits per heavy atom. The molecule has 5 rings (SSSR count). The molecular formula is C25H20N2O4. The number of cyclic esters (lactones) is 1. The van der Waals surface area contributed by atoms with Crippen LogP contribution < -0.4 is 4.74 Å². The monoisotopic (exact) mass is 412 g/mol. The predicted octanol–water partition coefficient (Wildman–Crippen LogP) is 5.05. The molecule has 31 heavy (non-hydrogen) atoms. The van der Waals surface area contributed by atoms with Crippen LogP contribution >= 0.6 is 0 Å². The highest BCUT2D eigenvalue weighted by Gasteiger charge is 2.43. The SMILES string of the molecule is CC1(C)OC(=O)C(c2ccc(OCc3ccc4ccccc4n3)cc2)=C1c1cnco1. The normalized spacial score (nSPS) is 15.4. The van der Waals surface area contributed by atoms with Gasteiger partial charge in [0.05, 0.1) is 28.6 Å². The minimum atomic E-state index is -0.803. The Morgan fingerprint density at radius 2 is 1.81 bits per heavy atom. The standard InChI is InChI=1S/C25H20N2O4/c1-25(2)23(21-13-26-15-30-21)22(24(28)31-25)17-8-11-19(12-9-17)29-14-18-10-7-16-5-3-4-6-20(16)27-18/h3-13,15H,14H2,1-2H3. The van der Waals surface area contributed by atoms with E-state index < -0.39 is 5.60 Å². The molecule has 0 N–H and O–H groups in total. The van der Waals surface area contributed by atoms with E-state index in [0.29, 0.717) is 29.3 Å². The van der Waals surface area contributed by atoms with Gasteiger partial charge in [-0.15, -0.1) is 0 Å². The molecule has 0 fully saturated rings. The molecule has 154 valence electrons. The Morgan fingerprint density at radius 3 is 2.58 bits per heavy atom. The number of ether oxygens (including phenoxy) is 2. The quantitative estimate of drug-likeness (QED) is 0.427. The van der Waals surface area contributed by atoms with E-state index in [-0.39, 0.29) is 5.97 Å². The lowest BCUT2D eigenvalue weighted by molar-refractivity contribution is -0.141. The van der Waals surface area contributed by atoms with Gasteiger partial charge in [-0.25, -0.2) is 14.8 Å². The molecule has 4 aromatic rings. The maximum absolute atomic E-state index is 12.6. The van der Waals surface area contributed by atoms with Gasteiger partial charge >= 0.3 is 5.97 Å². The van der Waals surface area contributed by atoms with E-state index >= 15 is 0 Å². The first-order valence-corrected chi connectivity index (χ1v) is 9.96. The van der Waals surface area contributed by atoms with Crippen LogP contribution in [0.2, 0.25) is 0 Å². The highest BCUT2D eigenvalue weighted by atomic mass is 16.6. The first-order chi connectivity index (χ1) is 15.0. The molecule has 2 aromatic heterocycles. The first kappa shape index (κ1) is 19.1. The zero-order chi connectivity index (χ0) is 21.4. The van der Waals surface area contributed by atoms with Gasteiger partial charge in [-0.2, -0.15) is 0 Å². The van der Waals surface area contributed by atoms with Crippen LogP contribution in [0, 0.1) is 0 Å². The van der Waals surface area contributed by atoms with Gasteiger partial charge in [0, 0.05) is 5.39 Å². The number of rotatable bonds is 5. The molecule has 1 aliphatic rings. The van der Waals surface area contributed by atoms with Crippen LogP contribution in [-0.4, -0.2) is 21.5 Å². The Bertz CT molecular complexity index is 1290. The van der Waals surface area contributed by atoms with Crippen LogP contribution in [0.15, 0.2) is 77.7 Å². The number of aromatic nitrogens is 2. The minimum absolute atomic E-state index is 0.352. The summed E-state index contributed by atoms with van der Waals surface area (Å²) in [6.45, 7) is 4.03. The van der Waals surface area contributed by atoms with E-state index in [4.69, 9.17) is 13.9 Å². The van der Waals surface area contributed by atoms with Gasteiger partial charge in [0.1, 0.15) is 18.0 Å². The van der Waals surface area contributed by atoms with Gasteiger partial charge in [0.25, 0.3) is 0 Å². The summed E-state index contributed by atoms with van der Waals surface area (Å²) in [7, 11) is 0. The summed E-state index contributed by atoms with van der Waals surface area (Å²) in [6.07, 6.45) is 2.93. The van der Waals surface area contributed by atoms with Gasteiger partial charge in [0.15, 0.2) is 12.2 Å². The van der Waals surface area contributed by atoms with Gasteiger partial charge in [-0.3, -0.25) is 0 Å². The second kappa shape index (κ2) is 7.40. The van der Waals surface area contributed by atoms with Crippen molar-refractivity contribution < 1.29 is 18.7 Å². The zero-order valence-electron chi connectivity index (χ0n) is 17.2. The van der Waals surface area contributed by atoms with Crippen molar-refractivity contribution in [3.8, 4) is 5.75 Å². The smallest absolute Gasteiger partial charge is 0.340 e. The van der Waals surface area contributed by atoms with Crippen molar-refractivity contribution in [2.45, 2.75) is 26.1 Å². The fraction of sp³-hybridized carbons (Fsp3) is 0.160. The first-order valence-electron chi connectivity index (χ1n) is 9.96. The Labute approximate surface area is 179 Å². The van der Waals surface area contributed by atoms with Crippen molar-refractivity contribution in [3.63, 3.8) is 0 Å². The average molecular weight is 412 g/mol. The molecule has 0 spiro atoms. The number of benzene rings is 2. The second-order valence-corrected chi connectivity index (χ2v) is 7.82. The lowest BCUT2D eigenvalue weighted by atomic mass is 9.90. The molecule has 0 saturated heterocycles. The summed E-state index contributed by atoms with van der Waals surface area (Å²) < 4.78 is 16.9. The third kappa shape index (κ3) is 3.57. The van der Waals surface area contributed by atoms with Crippen LogP contribution in [0.25, 0.3) is 22.0 Å². The summed E-state index contributed by atoms with van der Waals surface area (Å²) >= 11 is 0. The van der Waals surface area contributed by atoms with E-state index in [0.717, 1.165) is 22.2 Å². The highest BCUT2D eigenvalue weighted by molar-refractivity contribution is 6.28. The van der Waals surface area contributed by atoms with Gasteiger partial charge in [0.2, 0.25) is 0 Å². The Balaban J connectivity index is 1.39. The van der Waals surface area contributed by atoms with Gasteiger partial charge in [-0.05, 0) is 43.7 Å². The van der Waals surface area contributed by atoms with Crippen LogP contribution in [0.5, 0.6) is 5.75 Å². The molecule has 0 aliphatic carbocycles. The van der Waals surface area contributed by atoms with E-state index in [1.165, 1.54) is 6.39 Å². The van der Waals surface area contributed by atoms with E-state index in [2.05, 4.69) is 9.97 Å². The third-order valence-corrected chi connectivity index (χ3v) is 5.27. The topological polar surface area (TPSA) is 74.5 Å². The van der Waals surface area contributed by atoms with Crippen molar-refractivity contribution >= 4 is 28.0 Å². The molecule has 6 heteroatoms. The molecule has 0 saturated carbocycles. The molecule has 0 radical (unpaired) electrons. The Kier molecular flexibility index (Phi) is 4.55. The molecule has 1 aliphatic heterocycles. The molecule has 6 nitrogen and oxygen atoms in total. The van der Waals surface area contributed by atoms with Crippen molar-refractivity contribution in [1.82, 2.24) is 9.97 Å². The van der Waals surface area contributed by atoms with E-state index in [1.807, 2.05) is 74.5 Å². The molecule has 0 unspecified atom stereocenters. The maximum atomic E-state index is 12.6. The summed E-state index contributed by atoms with van der Waals surface area (Å²) in [5.74, 6) is 0.824. The van der Waals surface area contributed by atoms with Crippen molar-refractivity contribution in [1.29, 1.82) is 0 Å². The van der Waals surface area contributed by atoms with Crippen LogP contribution in [-0.2, 0) is 16.1 Å². The van der Waals surface area contributed by atoms with Crippen molar-refractivity contribution in [2.75, 3.05) is 0 Å². The van der Waals surface area contributed by atoms with E-state index in [1.54, 1.807) is 6.20 Å². The molecule has 2 aromatic carbocycles. The Hall–Kier alpha value is -3.93. The number of oxazole rings is 1. The summed E-state index contributed by atoms with van der Waals surface area (Å²) in [5.41, 5.74) is 2.88. The molecule has 3 heterocycles. The van der Waals surface area contributed by atoms with Crippen LogP contribution in [0.3, 0.4) is 0 Å². The highest BCUT2D eigenvalue weighted by Crippen LogP contribution is 2.43. The minimum Gasteiger partial charge on any atom is -0.487 e. The molecule has 0 amide bonds. The lowest BCUT2D eigenvalue weighted by Gasteiger charge is -2.19. The number of hydrogen-bond acceptors (Lipinski definition) is 6. The summed E-state index contributed by atoms with van der Waals surface area (Å²) in [4.78, 5) is 21.2. The third-order valence-electron chi connectivity index (χ3n) is 5.27. The number of hydrogen-bond donors (Lipinski definition) is 0. The maximum Gasteiger partial charge on any atom is 0.340 e. The predicted molar refractivity (Wildman–Crippen MR) is 116 cm³/mol. The number of pyridine rings is 1. The van der Waals surface area contributed by atoms with Gasteiger partial charge in [-0.1, -0.05) is 36.4 Å². The number of fused-ring (bicyclic) bond motifs is 1. The number of carbonyl (C=O) groups is 1. The fourth-order valence-corrected chi connectivity index (χ4v) is 3.82. The number of para-hydroxylation sites is 1. The molecular weight excluding hydrogens is 392 g/mol. The number of esters is 1. The van der Waals surface area contributed by atoms with Crippen LogP contribution in [0.1, 0.15) is 30.9 Å².